The van der Waals surface area contributed by atoms with E-state index in [-0.39, 0.29) is 5.43 Å². The lowest BCUT2D eigenvalue weighted by atomic mass is 9.65. The van der Waals surface area contributed by atoms with Crippen LogP contribution in [-0.2, 0) is 6.54 Å². The minimum absolute atomic E-state index is 0.156. The standard InChI is InChI=1S/C25H36N2O2/c1-6-7-10-29-19-8-9-22-20(11-19)23(28)21(17(2)26-22)14-27-16-25(5)13-18(27)12-24(3,4)15-25/h8-9,11,18H,6-7,10,12-16H2,1-5H3,(H,26,28). The Balaban J connectivity index is 1.63. The summed E-state index contributed by atoms with van der Waals surface area (Å²) in [6, 6.07) is 6.43. The third-order valence-corrected chi connectivity index (χ3v) is 6.94. The van der Waals surface area contributed by atoms with Gasteiger partial charge < -0.3 is 9.72 Å². The summed E-state index contributed by atoms with van der Waals surface area (Å²) in [5.41, 5.74) is 3.73. The lowest BCUT2D eigenvalue weighted by Gasteiger charge is -2.40. The number of fused-ring (bicyclic) bond motifs is 3. The van der Waals surface area contributed by atoms with Gasteiger partial charge in [-0.15, -0.1) is 0 Å². The van der Waals surface area contributed by atoms with E-state index in [1.54, 1.807) is 0 Å². The number of ether oxygens (including phenoxy) is 1. The zero-order valence-electron chi connectivity index (χ0n) is 18.7. The molecule has 4 rings (SSSR count). The second-order valence-electron chi connectivity index (χ2n) is 10.6. The summed E-state index contributed by atoms with van der Waals surface area (Å²) >= 11 is 0. The fourth-order valence-electron chi connectivity index (χ4n) is 6.01. The van der Waals surface area contributed by atoms with Crippen LogP contribution < -0.4 is 10.2 Å². The Morgan fingerprint density at radius 3 is 2.79 bits per heavy atom. The number of likely N-dealkylation sites (tertiary alicyclic amines) is 1. The summed E-state index contributed by atoms with van der Waals surface area (Å²) in [4.78, 5) is 19.5. The third-order valence-electron chi connectivity index (χ3n) is 6.94. The Morgan fingerprint density at radius 1 is 1.24 bits per heavy atom. The fraction of sp³-hybridized carbons (Fsp3) is 0.640. The van der Waals surface area contributed by atoms with Crippen molar-refractivity contribution in [2.24, 2.45) is 10.8 Å². The molecular weight excluding hydrogens is 360 g/mol. The highest BCUT2D eigenvalue weighted by atomic mass is 16.5. The van der Waals surface area contributed by atoms with Crippen molar-refractivity contribution in [3.05, 3.63) is 39.7 Å². The Hall–Kier alpha value is -1.81. The number of H-pyrrole nitrogens is 1. The molecule has 29 heavy (non-hydrogen) atoms. The first-order valence-corrected chi connectivity index (χ1v) is 11.2. The van der Waals surface area contributed by atoms with E-state index < -0.39 is 0 Å². The first kappa shape index (κ1) is 20.5. The predicted octanol–water partition coefficient (Wildman–Crippen LogP) is 5.42. The maximum atomic E-state index is 13.4. The molecule has 2 fully saturated rings. The van der Waals surface area contributed by atoms with Crippen LogP contribution in [0.15, 0.2) is 23.0 Å². The van der Waals surface area contributed by atoms with Crippen molar-refractivity contribution >= 4 is 10.9 Å². The van der Waals surface area contributed by atoms with Crippen molar-refractivity contribution in [3.8, 4) is 5.75 Å². The Morgan fingerprint density at radius 2 is 2.03 bits per heavy atom. The molecule has 2 atom stereocenters. The predicted molar refractivity (Wildman–Crippen MR) is 120 cm³/mol. The van der Waals surface area contributed by atoms with Gasteiger partial charge in [-0.05, 0) is 61.6 Å². The van der Waals surface area contributed by atoms with Gasteiger partial charge in [0.05, 0.1) is 6.61 Å². The van der Waals surface area contributed by atoms with E-state index in [4.69, 9.17) is 4.74 Å². The topological polar surface area (TPSA) is 45.3 Å². The first-order chi connectivity index (χ1) is 13.7. The van der Waals surface area contributed by atoms with Gasteiger partial charge in [-0.25, -0.2) is 0 Å². The molecule has 0 spiro atoms. The molecule has 1 aliphatic carbocycles. The van der Waals surface area contributed by atoms with Crippen LogP contribution in [0.25, 0.3) is 10.9 Å². The zero-order chi connectivity index (χ0) is 20.8. The summed E-state index contributed by atoms with van der Waals surface area (Å²) in [7, 11) is 0. The monoisotopic (exact) mass is 396 g/mol. The number of pyridine rings is 1. The number of aromatic amines is 1. The molecule has 1 aromatic carbocycles. The molecule has 1 saturated heterocycles. The third kappa shape index (κ3) is 4.09. The molecule has 1 saturated carbocycles. The SMILES string of the molecule is CCCCOc1ccc2[nH]c(C)c(CN3CC4(C)CC3CC(C)(C)C4)c(=O)c2c1. The molecule has 2 aliphatic rings. The van der Waals surface area contributed by atoms with E-state index in [1.807, 2.05) is 25.1 Å². The number of benzene rings is 1. The molecule has 2 heterocycles. The molecule has 4 nitrogen and oxygen atoms in total. The molecule has 1 aliphatic heterocycles. The molecule has 0 amide bonds. The molecule has 4 heteroatoms. The van der Waals surface area contributed by atoms with Gasteiger partial charge in [-0.3, -0.25) is 9.69 Å². The Kier molecular flexibility index (Phi) is 5.27. The number of hydrogen-bond acceptors (Lipinski definition) is 3. The van der Waals surface area contributed by atoms with E-state index in [0.29, 0.717) is 23.5 Å². The summed E-state index contributed by atoms with van der Waals surface area (Å²) in [6.07, 6.45) is 5.89. The number of rotatable bonds is 6. The van der Waals surface area contributed by atoms with Crippen LogP contribution >= 0.6 is 0 Å². The maximum absolute atomic E-state index is 13.4. The van der Waals surface area contributed by atoms with E-state index in [1.165, 1.54) is 19.3 Å². The van der Waals surface area contributed by atoms with Crippen molar-refractivity contribution in [2.45, 2.75) is 79.3 Å². The van der Waals surface area contributed by atoms with Crippen LogP contribution in [0.5, 0.6) is 5.75 Å². The molecule has 158 valence electrons. The lowest BCUT2D eigenvalue weighted by molar-refractivity contribution is 0.126. The number of aromatic nitrogens is 1. The second kappa shape index (κ2) is 7.46. The molecule has 1 aromatic heterocycles. The minimum Gasteiger partial charge on any atom is -0.494 e. The number of nitrogens with zero attached hydrogens (tertiary/aromatic N) is 1. The summed E-state index contributed by atoms with van der Waals surface area (Å²) in [6.45, 7) is 13.9. The van der Waals surface area contributed by atoms with Gasteiger partial charge >= 0.3 is 0 Å². The van der Waals surface area contributed by atoms with Crippen LogP contribution in [0.3, 0.4) is 0 Å². The van der Waals surface area contributed by atoms with Gasteiger partial charge in [0.15, 0.2) is 5.43 Å². The minimum atomic E-state index is 0.156. The summed E-state index contributed by atoms with van der Waals surface area (Å²) < 4.78 is 5.84. The Labute approximate surface area is 174 Å². The van der Waals surface area contributed by atoms with Crippen LogP contribution in [0.2, 0.25) is 0 Å². The summed E-state index contributed by atoms with van der Waals surface area (Å²) in [5.74, 6) is 0.789. The normalized spacial score (nSPS) is 26.2. The average molecular weight is 397 g/mol. The number of unbranched alkanes of at least 4 members (excludes halogenated alkanes) is 1. The average Bonchev–Trinajstić information content (AvgIpc) is 2.87. The van der Waals surface area contributed by atoms with E-state index in [9.17, 15) is 4.79 Å². The second-order valence-corrected chi connectivity index (χ2v) is 10.6. The highest BCUT2D eigenvalue weighted by molar-refractivity contribution is 5.81. The summed E-state index contributed by atoms with van der Waals surface area (Å²) in [5, 5.41) is 0.744. The van der Waals surface area contributed by atoms with E-state index in [0.717, 1.165) is 53.8 Å². The molecule has 0 radical (unpaired) electrons. The fourth-order valence-corrected chi connectivity index (χ4v) is 6.01. The molecule has 2 aromatic rings. The maximum Gasteiger partial charge on any atom is 0.194 e. The number of aryl methyl sites for hydroxylation is 1. The zero-order valence-corrected chi connectivity index (χ0v) is 18.7. The smallest absolute Gasteiger partial charge is 0.194 e. The van der Waals surface area contributed by atoms with Crippen molar-refractivity contribution in [2.75, 3.05) is 13.2 Å². The van der Waals surface area contributed by atoms with Crippen LogP contribution in [0.1, 0.15) is 71.1 Å². The van der Waals surface area contributed by atoms with Crippen molar-refractivity contribution in [3.63, 3.8) is 0 Å². The Bertz CT molecular complexity index is 961. The van der Waals surface area contributed by atoms with Crippen LogP contribution in [-0.4, -0.2) is 29.1 Å². The quantitative estimate of drug-likeness (QED) is 0.664. The highest BCUT2D eigenvalue weighted by Gasteiger charge is 2.49. The molecule has 2 unspecified atom stereocenters. The van der Waals surface area contributed by atoms with E-state index >= 15 is 0 Å². The van der Waals surface area contributed by atoms with Gasteiger partial charge in [0.1, 0.15) is 5.75 Å². The molecule has 1 N–H and O–H groups in total. The number of hydrogen-bond donors (Lipinski definition) is 1. The van der Waals surface area contributed by atoms with E-state index in [2.05, 4.69) is 37.6 Å². The van der Waals surface area contributed by atoms with Gasteiger partial charge in [-0.2, -0.15) is 0 Å². The van der Waals surface area contributed by atoms with Gasteiger partial charge in [0.25, 0.3) is 0 Å². The number of nitrogens with one attached hydrogen (secondary N) is 1. The van der Waals surface area contributed by atoms with Crippen LogP contribution in [0.4, 0.5) is 0 Å². The molecular formula is C25H36N2O2. The van der Waals surface area contributed by atoms with Crippen LogP contribution in [0, 0.1) is 17.8 Å². The lowest BCUT2D eigenvalue weighted by Crippen LogP contribution is -2.35. The first-order valence-electron chi connectivity index (χ1n) is 11.2. The van der Waals surface area contributed by atoms with Crippen molar-refractivity contribution in [1.29, 1.82) is 0 Å². The highest BCUT2D eigenvalue weighted by Crippen LogP contribution is 2.52. The largest absolute Gasteiger partial charge is 0.494 e. The van der Waals surface area contributed by atoms with Gasteiger partial charge in [0, 0.05) is 41.3 Å². The van der Waals surface area contributed by atoms with Gasteiger partial charge in [0.2, 0.25) is 0 Å². The van der Waals surface area contributed by atoms with Crippen molar-refractivity contribution in [1.82, 2.24) is 9.88 Å². The van der Waals surface area contributed by atoms with Crippen molar-refractivity contribution < 1.29 is 4.74 Å². The molecule has 2 bridgehead atoms. The van der Waals surface area contributed by atoms with Gasteiger partial charge in [-0.1, -0.05) is 34.1 Å².